The molecule has 0 aliphatic heterocycles. The summed E-state index contributed by atoms with van der Waals surface area (Å²) in [6.07, 6.45) is 0.809. The smallest absolute Gasteiger partial charge is 0.142 e. The summed E-state index contributed by atoms with van der Waals surface area (Å²) in [5.74, 6) is 0.0766. The van der Waals surface area contributed by atoms with Crippen LogP contribution < -0.4 is 5.73 Å². The molecule has 0 amide bonds. The van der Waals surface area contributed by atoms with Gasteiger partial charge in [-0.25, -0.2) is 4.39 Å². The fourth-order valence-electron chi connectivity index (χ4n) is 1.44. The second kappa shape index (κ2) is 4.76. The first kappa shape index (κ1) is 11.5. The van der Waals surface area contributed by atoms with Crippen molar-refractivity contribution in [3.8, 4) is 0 Å². The van der Waals surface area contributed by atoms with Gasteiger partial charge in [0.25, 0.3) is 0 Å². The molecular formula is C11H15ClFN. The largest absolute Gasteiger partial charge is 0.324 e. The molecule has 1 aromatic rings. The summed E-state index contributed by atoms with van der Waals surface area (Å²) in [7, 11) is 0. The van der Waals surface area contributed by atoms with E-state index in [1.165, 1.54) is 6.07 Å². The SMILES string of the molecule is CC(C)CC(N)c1cccc(F)c1Cl. The van der Waals surface area contributed by atoms with Gasteiger partial charge in [0.15, 0.2) is 0 Å². The van der Waals surface area contributed by atoms with Crippen molar-refractivity contribution in [3.05, 3.63) is 34.6 Å². The van der Waals surface area contributed by atoms with Crippen LogP contribution in [0.1, 0.15) is 31.9 Å². The molecule has 2 N–H and O–H groups in total. The van der Waals surface area contributed by atoms with Gasteiger partial charge in [-0.2, -0.15) is 0 Å². The minimum atomic E-state index is -0.400. The van der Waals surface area contributed by atoms with E-state index in [0.29, 0.717) is 11.5 Å². The Morgan fingerprint density at radius 2 is 2.07 bits per heavy atom. The van der Waals surface area contributed by atoms with Gasteiger partial charge in [0, 0.05) is 6.04 Å². The van der Waals surface area contributed by atoms with E-state index in [1.807, 2.05) is 0 Å². The van der Waals surface area contributed by atoms with E-state index in [1.54, 1.807) is 12.1 Å². The van der Waals surface area contributed by atoms with Crippen molar-refractivity contribution in [2.24, 2.45) is 11.7 Å². The predicted octanol–water partition coefficient (Wildman–Crippen LogP) is 3.53. The van der Waals surface area contributed by atoms with Crippen LogP contribution in [-0.2, 0) is 0 Å². The van der Waals surface area contributed by atoms with Crippen molar-refractivity contribution in [1.29, 1.82) is 0 Å². The molecule has 0 heterocycles. The fraction of sp³-hybridized carbons (Fsp3) is 0.455. The molecule has 0 aliphatic carbocycles. The highest BCUT2D eigenvalue weighted by atomic mass is 35.5. The molecule has 0 aromatic heterocycles. The quantitative estimate of drug-likeness (QED) is 0.820. The molecule has 1 nitrogen and oxygen atoms in total. The van der Waals surface area contributed by atoms with Crippen LogP contribution in [0.25, 0.3) is 0 Å². The van der Waals surface area contributed by atoms with E-state index in [2.05, 4.69) is 13.8 Å². The van der Waals surface area contributed by atoms with Crippen LogP contribution in [0.4, 0.5) is 4.39 Å². The molecular weight excluding hydrogens is 201 g/mol. The van der Waals surface area contributed by atoms with Crippen LogP contribution >= 0.6 is 11.6 Å². The van der Waals surface area contributed by atoms with E-state index in [4.69, 9.17) is 17.3 Å². The van der Waals surface area contributed by atoms with Gasteiger partial charge in [0.1, 0.15) is 5.82 Å². The van der Waals surface area contributed by atoms with Gasteiger partial charge in [-0.3, -0.25) is 0 Å². The molecule has 14 heavy (non-hydrogen) atoms. The number of hydrogen-bond acceptors (Lipinski definition) is 1. The molecule has 0 spiro atoms. The Morgan fingerprint density at radius 1 is 1.43 bits per heavy atom. The zero-order chi connectivity index (χ0) is 10.7. The van der Waals surface area contributed by atoms with Gasteiger partial charge in [0.2, 0.25) is 0 Å². The summed E-state index contributed by atoms with van der Waals surface area (Å²) in [5, 5.41) is 0.153. The number of rotatable bonds is 3. The zero-order valence-electron chi connectivity index (χ0n) is 8.43. The van der Waals surface area contributed by atoms with Gasteiger partial charge in [-0.15, -0.1) is 0 Å². The maximum Gasteiger partial charge on any atom is 0.142 e. The topological polar surface area (TPSA) is 26.0 Å². The van der Waals surface area contributed by atoms with E-state index in [-0.39, 0.29) is 11.1 Å². The van der Waals surface area contributed by atoms with Crippen LogP contribution in [0, 0.1) is 11.7 Å². The van der Waals surface area contributed by atoms with Gasteiger partial charge in [0.05, 0.1) is 5.02 Å². The maximum atomic E-state index is 13.1. The highest BCUT2D eigenvalue weighted by molar-refractivity contribution is 6.31. The minimum absolute atomic E-state index is 0.153. The zero-order valence-corrected chi connectivity index (χ0v) is 9.18. The van der Waals surface area contributed by atoms with E-state index >= 15 is 0 Å². The second-order valence-corrected chi connectivity index (χ2v) is 4.26. The number of benzene rings is 1. The Balaban J connectivity index is 2.89. The second-order valence-electron chi connectivity index (χ2n) is 3.88. The molecule has 1 unspecified atom stereocenters. The molecule has 0 aliphatic rings. The van der Waals surface area contributed by atoms with Crippen molar-refractivity contribution in [3.63, 3.8) is 0 Å². The highest BCUT2D eigenvalue weighted by Gasteiger charge is 2.13. The van der Waals surface area contributed by atoms with Crippen LogP contribution in [0.15, 0.2) is 18.2 Å². The molecule has 78 valence electrons. The lowest BCUT2D eigenvalue weighted by Gasteiger charge is -2.15. The Labute approximate surface area is 89.1 Å². The van der Waals surface area contributed by atoms with Crippen LogP contribution in [0.2, 0.25) is 5.02 Å². The summed E-state index contributed by atoms with van der Waals surface area (Å²) in [4.78, 5) is 0. The molecule has 0 fully saturated rings. The summed E-state index contributed by atoms with van der Waals surface area (Å²) in [5.41, 5.74) is 6.61. The van der Waals surface area contributed by atoms with Crippen molar-refractivity contribution in [2.75, 3.05) is 0 Å². The minimum Gasteiger partial charge on any atom is -0.324 e. The lowest BCUT2D eigenvalue weighted by molar-refractivity contribution is 0.507. The van der Waals surface area contributed by atoms with Gasteiger partial charge < -0.3 is 5.73 Å². The third kappa shape index (κ3) is 2.69. The molecule has 3 heteroatoms. The number of halogens is 2. The van der Waals surface area contributed by atoms with Gasteiger partial charge >= 0.3 is 0 Å². The molecule has 0 saturated heterocycles. The third-order valence-electron chi connectivity index (χ3n) is 2.11. The van der Waals surface area contributed by atoms with Crippen molar-refractivity contribution in [1.82, 2.24) is 0 Å². The fourth-order valence-corrected chi connectivity index (χ4v) is 1.71. The first-order valence-electron chi connectivity index (χ1n) is 4.72. The van der Waals surface area contributed by atoms with Gasteiger partial charge in [-0.05, 0) is 24.0 Å². The monoisotopic (exact) mass is 215 g/mol. The highest BCUT2D eigenvalue weighted by Crippen LogP contribution is 2.27. The first-order valence-corrected chi connectivity index (χ1v) is 5.09. The van der Waals surface area contributed by atoms with Crippen molar-refractivity contribution >= 4 is 11.6 Å². The average Bonchev–Trinajstić information content (AvgIpc) is 2.08. The molecule has 1 rings (SSSR count). The van der Waals surface area contributed by atoms with E-state index < -0.39 is 5.82 Å². The Morgan fingerprint density at radius 3 is 2.64 bits per heavy atom. The van der Waals surface area contributed by atoms with Crippen molar-refractivity contribution < 1.29 is 4.39 Å². The summed E-state index contributed by atoms with van der Waals surface area (Å²) in [6, 6.07) is 4.57. The Bertz CT molecular complexity index is 312. The molecule has 0 radical (unpaired) electrons. The lowest BCUT2D eigenvalue weighted by atomic mass is 9.98. The van der Waals surface area contributed by atoms with Gasteiger partial charge in [-0.1, -0.05) is 37.6 Å². The Hall–Kier alpha value is -0.600. The summed E-state index contributed by atoms with van der Waals surface area (Å²) >= 11 is 5.82. The van der Waals surface area contributed by atoms with E-state index in [0.717, 1.165) is 6.42 Å². The molecule has 1 atom stereocenters. The van der Waals surface area contributed by atoms with Crippen LogP contribution in [0.5, 0.6) is 0 Å². The number of nitrogens with two attached hydrogens (primary N) is 1. The normalized spacial score (nSPS) is 13.3. The first-order chi connectivity index (χ1) is 6.52. The van der Waals surface area contributed by atoms with Crippen LogP contribution in [0.3, 0.4) is 0 Å². The third-order valence-corrected chi connectivity index (χ3v) is 2.51. The summed E-state index contributed by atoms with van der Waals surface area (Å²) < 4.78 is 13.1. The van der Waals surface area contributed by atoms with E-state index in [9.17, 15) is 4.39 Å². The summed E-state index contributed by atoms with van der Waals surface area (Å²) in [6.45, 7) is 4.15. The lowest BCUT2D eigenvalue weighted by Crippen LogP contribution is -2.13. The average molecular weight is 216 g/mol. The Kier molecular flexibility index (Phi) is 3.90. The molecule has 1 aromatic carbocycles. The van der Waals surface area contributed by atoms with Crippen molar-refractivity contribution in [2.45, 2.75) is 26.3 Å². The predicted molar refractivity (Wildman–Crippen MR) is 57.8 cm³/mol. The molecule has 0 bridgehead atoms. The molecule has 0 saturated carbocycles. The van der Waals surface area contributed by atoms with Crippen LogP contribution in [-0.4, -0.2) is 0 Å². The maximum absolute atomic E-state index is 13.1. The number of hydrogen-bond donors (Lipinski definition) is 1. The standard InChI is InChI=1S/C11H15ClFN/c1-7(2)6-10(14)8-4-3-5-9(13)11(8)12/h3-5,7,10H,6,14H2,1-2H3.